The van der Waals surface area contributed by atoms with Gasteiger partial charge in [0.1, 0.15) is 5.69 Å². The van der Waals surface area contributed by atoms with E-state index in [0.717, 1.165) is 49.4 Å². The first-order valence-corrected chi connectivity index (χ1v) is 15.3. The second kappa shape index (κ2) is 10.7. The largest absolute Gasteiger partial charge is 0.252 e. The van der Waals surface area contributed by atoms with Crippen LogP contribution < -0.4 is 0 Å². The normalized spacial score (nSPS) is 11.5. The first kappa shape index (κ1) is 26.1. The van der Waals surface area contributed by atoms with E-state index in [0.29, 0.717) is 23.2 Å². The van der Waals surface area contributed by atoms with E-state index >= 15 is 0 Å². The summed E-state index contributed by atoms with van der Waals surface area (Å²) in [6.07, 6.45) is 1.93. The van der Waals surface area contributed by atoms with Gasteiger partial charge in [-0.3, -0.25) is 4.98 Å². The molecule has 214 valence electrons. The molecule has 0 saturated heterocycles. The lowest BCUT2D eigenvalue weighted by molar-refractivity contribution is 1.06. The zero-order chi connectivity index (χ0) is 30.5. The van der Waals surface area contributed by atoms with Crippen LogP contribution in [-0.2, 0) is 0 Å². The molecule has 9 aromatic rings. The first-order valence-electron chi connectivity index (χ1n) is 15.3. The smallest absolute Gasteiger partial charge is 0.183 e. The standard InChI is InChI=1S/C41H25N5/c1-3-14-27(15-4-1)39-44-40(28-16-5-2-6-17-28)46-41(45-39)38-31-20-10-9-19-30(31)34(25-42-38)37-33-24-23-26-13-7-8-18-29(26)36(33)32-21-11-12-22-35(32)43-37/h1-25H. The van der Waals surface area contributed by atoms with Crippen LogP contribution in [0.4, 0.5) is 0 Å². The van der Waals surface area contributed by atoms with Crippen LogP contribution in [-0.4, -0.2) is 24.9 Å². The summed E-state index contributed by atoms with van der Waals surface area (Å²) in [4.78, 5) is 25.2. The summed E-state index contributed by atoms with van der Waals surface area (Å²) in [6.45, 7) is 0. The molecule has 0 amide bonds. The third-order valence-corrected chi connectivity index (χ3v) is 8.55. The number of aromatic nitrogens is 5. The molecule has 0 radical (unpaired) electrons. The Morgan fingerprint density at radius 3 is 1.63 bits per heavy atom. The van der Waals surface area contributed by atoms with Crippen molar-refractivity contribution in [2.75, 3.05) is 0 Å². The van der Waals surface area contributed by atoms with E-state index < -0.39 is 0 Å². The Morgan fingerprint density at radius 2 is 0.913 bits per heavy atom. The maximum Gasteiger partial charge on any atom is 0.183 e. The van der Waals surface area contributed by atoms with E-state index in [1.807, 2.05) is 79.0 Å². The molecule has 0 aliphatic carbocycles. The minimum absolute atomic E-state index is 0.526. The molecule has 0 spiro atoms. The van der Waals surface area contributed by atoms with Crippen molar-refractivity contribution >= 4 is 43.2 Å². The Morgan fingerprint density at radius 1 is 0.348 bits per heavy atom. The predicted octanol–water partition coefficient (Wildman–Crippen LogP) is 9.94. The first-order chi connectivity index (χ1) is 22.8. The number of para-hydroxylation sites is 1. The highest BCUT2D eigenvalue weighted by atomic mass is 15.0. The van der Waals surface area contributed by atoms with Gasteiger partial charge in [-0.05, 0) is 22.2 Å². The van der Waals surface area contributed by atoms with E-state index in [2.05, 4.69) is 72.8 Å². The Bertz CT molecular complexity index is 2510. The van der Waals surface area contributed by atoms with Gasteiger partial charge in [0, 0.05) is 44.4 Å². The molecule has 5 heteroatoms. The molecule has 3 heterocycles. The van der Waals surface area contributed by atoms with Crippen LogP contribution in [0, 0.1) is 0 Å². The Balaban J connectivity index is 1.31. The SMILES string of the molecule is c1ccc(-c2nc(-c3ccccc3)nc(-c3ncc(-c4nc5ccccc5c5c4ccc4ccccc45)c4ccccc34)n2)cc1. The molecule has 0 aliphatic rings. The highest BCUT2D eigenvalue weighted by Crippen LogP contribution is 2.40. The van der Waals surface area contributed by atoms with Gasteiger partial charge in [0.15, 0.2) is 17.5 Å². The monoisotopic (exact) mass is 587 g/mol. The molecular weight excluding hydrogens is 562 g/mol. The molecule has 0 N–H and O–H groups in total. The van der Waals surface area contributed by atoms with Gasteiger partial charge in [0.2, 0.25) is 0 Å². The van der Waals surface area contributed by atoms with E-state index in [1.54, 1.807) is 0 Å². The minimum Gasteiger partial charge on any atom is -0.252 e. The third kappa shape index (κ3) is 4.29. The molecule has 0 atom stereocenters. The summed E-state index contributed by atoms with van der Waals surface area (Å²) < 4.78 is 0. The summed E-state index contributed by atoms with van der Waals surface area (Å²) in [7, 11) is 0. The highest BCUT2D eigenvalue weighted by molar-refractivity contribution is 6.23. The Kier molecular flexibility index (Phi) is 6.06. The molecule has 46 heavy (non-hydrogen) atoms. The van der Waals surface area contributed by atoms with Gasteiger partial charge in [-0.1, -0.05) is 140 Å². The van der Waals surface area contributed by atoms with Gasteiger partial charge < -0.3 is 0 Å². The molecule has 0 unspecified atom stereocenters. The average Bonchev–Trinajstić information content (AvgIpc) is 3.14. The number of hydrogen-bond acceptors (Lipinski definition) is 5. The van der Waals surface area contributed by atoms with E-state index in [4.69, 9.17) is 24.9 Å². The van der Waals surface area contributed by atoms with Crippen molar-refractivity contribution in [2.24, 2.45) is 0 Å². The maximum absolute atomic E-state index is 5.26. The zero-order valence-corrected chi connectivity index (χ0v) is 24.7. The van der Waals surface area contributed by atoms with Gasteiger partial charge >= 0.3 is 0 Å². The molecule has 6 aromatic carbocycles. The quantitative estimate of drug-likeness (QED) is 0.192. The van der Waals surface area contributed by atoms with Crippen LogP contribution >= 0.6 is 0 Å². The van der Waals surface area contributed by atoms with Crippen LogP contribution in [0.5, 0.6) is 0 Å². The molecule has 0 fully saturated rings. The summed E-state index contributed by atoms with van der Waals surface area (Å²) in [5, 5.41) is 7.83. The number of benzene rings is 6. The van der Waals surface area contributed by atoms with E-state index in [-0.39, 0.29) is 0 Å². The molecule has 0 bridgehead atoms. The Labute approximate surface area is 264 Å². The van der Waals surface area contributed by atoms with Crippen molar-refractivity contribution in [2.45, 2.75) is 0 Å². The zero-order valence-electron chi connectivity index (χ0n) is 24.7. The van der Waals surface area contributed by atoms with E-state index in [9.17, 15) is 0 Å². The number of fused-ring (bicyclic) bond motifs is 6. The molecule has 0 aliphatic heterocycles. The summed E-state index contributed by atoms with van der Waals surface area (Å²) >= 11 is 0. The second-order valence-corrected chi connectivity index (χ2v) is 11.3. The molecule has 3 aromatic heterocycles. The third-order valence-electron chi connectivity index (χ3n) is 8.55. The number of hydrogen-bond donors (Lipinski definition) is 0. The van der Waals surface area contributed by atoms with Crippen LogP contribution in [0.15, 0.2) is 152 Å². The van der Waals surface area contributed by atoms with Gasteiger partial charge in [-0.2, -0.15) is 0 Å². The van der Waals surface area contributed by atoms with E-state index in [1.165, 1.54) is 16.2 Å². The fourth-order valence-electron chi connectivity index (χ4n) is 6.40. The number of nitrogens with zero attached hydrogens (tertiary/aromatic N) is 5. The fraction of sp³-hybridized carbons (Fsp3) is 0. The molecule has 0 saturated carbocycles. The van der Waals surface area contributed by atoms with Crippen molar-refractivity contribution < 1.29 is 0 Å². The van der Waals surface area contributed by atoms with Crippen LogP contribution in [0.25, 0.3) is 88.8 Å². The lowest BCUT2D eigenvalue weighted by atomic mass is 9.94. The number of pyridine rings is 2. The van der Waals surface area contributed by atoms with Gasteiger partial charge in [-0.15, -0.1) is 0 Å². The Hall–Kier alpha value is -6.33. The van der Waals surface area contributed by atoms with Crippen molar-refractivity contribution in [1.29, 1.82) is 0 Å². The van der Waals surface area contributed by atoms with Gasteiger partial charge in [0.05, 0.1) is 11.2 Å². The van der Waals surface area contributed by atoms with Crippen LogP contribution in [0.2, 0.25) is 0 Å². The lowest BCUT2D eigenvalue weighted by Crippen LogP contribution is -2.02. The molecular formula is C41H25N5. The summed E-state index contributed by atoms with van der Waals surface area (Å²) in [6, 6.07) is 49.7. The highest BCUT2D eigenvalue weighted by Gasteiger charge is 2.20. The minimum atomic E-state index is 0.526. The van der Waals surface area contributed by atoms with Gasteiger partial charge in [-0.25, -0.2) is 19.9 Å². The van der Waals surface area contributed by atoms with Crippen molar-refractivity contribution in [3.05, 3.63) is 152 Å². The summed E-state index contributed by atoms with van der Waals surface area (Å²) in [5.41, 5.74) is 5.36. The number of rotatable bonds is 4. The van der Waals surface area contributed by atoms with Crippen molar-refractivity contribution in [3.8, 4) is 45.6 Å². The maximum atomic E-state index is 5.26. The second-order valence-electron chi connectivity index (χ2n) is 11.3. The van der Waals surface area contributed by atoms with Crippen molar-refractivity contribution in [3.63, 3.8) is 0 Å². The van der Waals surface area contributed by atoms with Crippen molar-refractivity contribution in [1.82, 2.24) is 24.9 Å². The molecule has 9 rings (SSSR count). The van der Waals surface area contributed by atoms with Gasteiger partial charge in [0.25, 0.3) is 0 Å². The summed E-state index contributed by atoms with van der Waals surface area (Å²) in [5.74, 6) is 1.74. The topological polar surface area (TPSA) is 64.5 Å². The molecule has 5 nitrogen and oxygen atoms in total. The van der Waals surface area contributed by atoms with Crippen LogP contribution in [0.3, 0.4) is 0 Å². The average molecular weight is 588 g/mol. The fourth-order valence-corrected chi connectivity index (χ4v) is 6.40. The predicted molar refractivity (Wildman–Crippen MR) is 187 cm³/mol. The lowest BCUT2D eigenvalue weighted by Gasteiger charge is -2.15. The van der Waals surface area contributed by atoms with Crippen LogP contribution in [0.1, 0.15) is 0 Å².